The zero-order chi connectivity index (χ0) is 22.1. The number of hydrogen-bond donors (Lipinski definition) is 1. The fourth-order valence-electron chi connectivity index (χ4n) is 2.91. The largest absolute Gasteiger partial charge is 0.416 e. The Morgan fingerprint density at radius 3 is 2.47 bits per heavy atom. The Labute approximate surface area is 175 Å². The summed E-state index contributed by atoms with van der Waals surface area (Å²) in [5.41, 5.74) is -0.434. The molecule has 5 nitrogen and oxygen atoms in total. The van der Waals surface area contributed by atoms with Crippen molar-refractivity contribution in [3.05, 3.63) is 64.9 Å². The first kappa shape index (κ1) is 21.5. The normalized spacial score (nSPS) is 13.0. The van der Waals surface area contributed by atoms with E-state index in [9.17, 15) is 23.2 Å². The molecule has 0 bridgehead atoms. The third-order valence-electron chi connectivity index (χ3n) is 4.35. The topological polar surface area (TPSA) is 78.7 Å². The zero-order valence-electron chi connectivity index (χ0n) is 16.3. The minimum atomic E-state index is -4.55. The van der Waals surface area contributed by atoms with E-state index in [-0.39, 0.29) is 16.8 Å². The second-order valence-electron chi connectivity index (χ2n) is 7.57. The van der Waals surface area contributed by atoms with Gasteiger partial charge in [-0.3, -0.25) is 4.79 Å². The molecule has 0 radical (unpaired) electrons. The Bertz CT molecular complexity index is 1180. The van der Waals surface area contributed by atoms with Crippen molar-refractivity contribution in [3.8, 4) is 6.07 Å². The van der Waals surface area contributed by atoms with Gasteiger partial charge in [-0.05, 0) is 41.4 Å². The maximum Gasteiger partial charge on any atom is 0.416 e. The Morgan fingerprint density at radius 2 is 1.83 bits per heavy atom. The van der Waals surface area contributed by atoms with Gasteiger partial charge in [0, 0.05) is 11.1 Å². The molecule has 3 aromatic rings. The number of nitriles is 1. The van der Waals surface area contributed by atoms with Gasteiger partial charge in [-0.25, -0.2) is 0 Å². The van der Waals surface area contributed by atoms with E-state index < -0.39 is 23.1 Å². The summed E-state index contributed by atoms with van der Waals surface area (Å²) in [6.07, 6.45) is -4.55. The van der Waals surface area contributed by atoms with Crippen LogP contribution in [0.25, 0.3) is 15.8 Å². The van der Waals surface area contributed by atoms with Crippen LogP contribution in [0.2, 0.25) is 0 Å². The smallest absolute Gasteiger partial charge is 0.324 e. The van der Waals surface area contributed by atoms with Crippen LogP contribution in [-0.2, 0) is 6.18 Å². The number of amides is 1. The van der Waals surface area contributed by atoms with Crippen LogP contribution in [0.4, 0.5) is 13.2 Å². The highest BCUT2D eigenvalue weighted by atomic mass is 32.1. The fraction of sp³-hybridized carbons (Fsp3) is 0.238. The quantitative estimate of drug-likeness (QED) is 0.563. The summed E-state index contributed by atoms with van der Waals surface area (Å²) in [5, 5.41) is 16.5. The molecule has 1 amide bonds. The Balaban J connectivity index is 2.11. The minimum Gasteiger partial charge on any atom is -0.324 e. The van der Waals surface area contributed by atoms with E-state index >= 15 is 0 Å². The third kappa shape index (κ3) is 4.33. The molecule has 154 valence electrons. The number of halogens is 3. The summed E-state index contributed by atoms with van der Waals surface area (Å²) >= 11 is 1.06. The predicted octanol–water partition coefficient (Wildman–Crippen LogP) is 5.42. The molecule has 9 heteroatoms. The van der Waals surface area contributed by atoms with E-state index in [1.54, 1.807) is 39.0 Å². The minimum absolute atomic E-state index is 0.0310. The van der Waals surface area contributed by atoms with Gasteiger partial charge in [0.25, 0.3) is 5.91 Å². The van der Waals surface area contributed by atoms with Crippen LogP contribution in [-0.4, -0.2) is 15.5 Å². The maximum atomic E-state index is 13.1. The number of aromatic nitrogens is 2. The zero-order valence-corrected chi connectivity index (χ0v) is 17.1. The lowest BCUT2D eigenvalue weighted by Gasteiger charge is -2.26. The number of benzene rings is 2. The first-order valence-corrected chi connectivity index (χ1v) is 9.64. The van der Waals surface area contributed by atoms with Crippen molar-refractivity contribution in [2.75, 3.05) is 0 Å². The van der Waals surface area contributed by atoms with Crippen LogP contribution in [0.5, 0.6) is 0 Å². The van der Waals surface area contributed by atoms with Crippen molar-refractivity contribution in [2.24, 2.45) is 5.41 Å². The Kier molecular flexibility index (Phi) is 5.63. The molecule has 2 aromatic carbocycles. The highest BCUT2D eigenvalue weighted by molar-refractivity contribution is 7.13. The second-order valence-corrected chi connectivity index (χ2v) is 8.33. The van der Waals surface area contributed by atoms with Crippen LogP contribution >= 0.6 is 11.5 Å². The molecule has 0 unspecified atom stereocenters. The van der Waals surface area contributed by atoms with Gasteiger partial charge in [-0.2, -0.15) is 18.4 Å². The van der Waals surface area contributed by atoms with Gasteiger partial charge in [0.1, 0.15) is 11.6 Å². The maximum absolute atomic E-state index is 13.1. The summed E-state index contributed by atoms with van der Waals surface area (Å²) in [5.74, 6) is -0.490. The molecule has 1 aromatic heterocycles. The van der Waals surface area contributed by atoms with Crippen molar-refractivity contribution in [1.29, 1.82) is 5.26 Å². The number of rotatable bonds is 3. The average molecular weight is 430 g/mol. The molecule has 1 N–H and O–H groups in total. The Hall–Kier alpha value is -3.25. The summed E-state index contributed by atoms with van der Waals surface area (Å²) in [7, 11) is 0. The lowest BCUT2D eigenvalue weighted by Crippen LogP contribution is -2.31. The highest BCUT2D eigenvalue weighted by Gasteiger charge is 2.32. The van der Waals surface area contributed by atoms with Gasteiger partial charge in [-0.15, -0.1) is 5.10 Å². The van der Waals surface area contributed by atoms with E-state index in [1.807, 2.05) is 6.07 Å². The molecular formula is C21H17F3N4OS. The van der Waals surface area contributed by atoms with E-state index in [2.05, 4.69) is 14.9 Å². The van der Waals surface area contributed by atoms with Crippen LogP contribution in [0.3, 0.4) is 0 Å². The number of nitrogens with one attached hydrogen (secondary N) is 1. The van der Waals surface area contributed by atoms with Crippen molar-refractivity contribution >= 4 is 33.2 Å². The van der Waals surface area contributed by atoms with Crippen molar-refractivity contribution in [3.63, 3.8) is 0 Å². The van der Waals surface area contributed by atoms with Crippen molar-refractivity contribution in [1.82, 2.24) is 14.9 Å². The number of nitrogens with zero attached hydrogens (tertiary/aromatic N) is 3. The molecule has 0 aliphatic heterocycles. The molecule has 0 fully saturated rings. The molecular weight excluding hydrogens is 413 g/mol. The third-order valence-corrected chi connectivity index (χ3v) is 5.12. The molecule has 0 aliphatic carbocycles. The van der Waals surface area contributed by atoms with Crippen molar-refractivity contribution in [2.45, 2.75) is 26.9 Å². The van der Waals surface area contributed by atoms with E-state index in [0.29, 0.717) is 15.8 Å². The van der Waals surface area contributed by atoms with E-state index in [4.69, 9.17) is 0 Å². The van der Waals surface area contributed by atoms with Crippen LogP contribution in [0, 0.1) is 16.7 Å². The summed E-state index contributed by atoms with van der Waals surface area (Å²) < 4.78 is 43.8. The predicted molar refractivity (Wildman–Crippen MR) is 108 cm³/mol. The molecule has 3 rings (SSSR count). The lowest BCUT2D eigenvalue weighted by molar-refractivity contribution is -0.137. The molecule has 1 heterocycles. The van der Waals surface area contributed by atoms with Crippen LogP contribution in [0.1, 0.15) is 42.3 Å². The standard InChI is InChI=1S/C21H17F3N4OS/c1-20(2,3)18(15(11-25)12-6-4-7-13(10-12)21(22,23)24)26-19(29)14-8-5-9-16-17(14)30-28-27-16/h4-10H,1-3H3,(H,26,29)/b18-15-. The fourth-order valence-corrected chi connectivity index (χ4v) is 3.58. The number of hydrogen-bond acceptors (Lipinski definition) is 5. The summed E-state index contributed by atoms with van der Waals surface area (Å²) in [6.45, 7) is 5.30. The molecule has 0 aliphatic rings. The SMILES string of the molecule is CC(C)(C)/C(NC(=O)c1cccc2nnsc12)=C(\C#N)c1cccc(C(F)(F)F)c1. The monoisotopic (exact) mass is 430 g/mol. The molecule has 30 heavy (non-hydrogen) atoms. The summed E-state index contributed by atoms with van der Waals surface area (Å²) in [4.78, 5) is 13.0. The van der Waals surface area contributed by atoms with E-state index in [1.165, 1.54) is 12.1 Å². The first-order chi connectivity index (χ1) is 14.0. The number of carbonyl (C=O) groups excluding carboxylic acids is 1. The number of alkyl halides is 3. The van der Waals surface area contributed by atoms with Gasteiger partial charge in [-0.1, -0.05) is 43.5 Å². The Morgan fingerprint density at radius 1 is 1.13 bits per heavy atom. The molecule has 0 saturated carbocycles. The van der Waals surface area contributed by atoms with E-state index in [0.717, 1.165) is 23.7 Å². The molecule has 0 atom stereocenters. The summed E-state index contributed by atoms with van der Waals surface area (Å²) in [6, 6.07) is 11.5. The average Bonchev–Trinajstić information content (AvgIpc) is 3.15. The van der Waals surface area contributed by atoms with Gasteiger partial charge in [0.2, 0.25) is 0 Å². The van der Waals surface area contributed by atoms with Gasteiger partial charge < -0.3 is 5.32 Å². The number of fused-ring (bicyclic) bond motifs is 1. The first-order valence-electron chi connectivity index (χ1n) is 8.87. The van der Waals surface area contributed by atoms with Crippen molar-refractivity contribution < 1.29 is 18.0 Å². The van der Waals surface area contributed by atoms with Crippen LogP contribution < -0.4 is 5.32 Å². The van der Waals surface area contributed by atoms with Crippen LogP contribution in [0.15, 0.2) is 48.2 Å². The van der Waals surface area contributed by atoms with Gasteiger partial charge in [0.05, 0.1) is 21.4 Å². The lowest BCUT2D eigenvalue weighted by atomic mass is 9.86. The highest BCUT2D eigenvalue weighted by Crippen LogP contribution is 2.35. The van der Waals surface area contributed by atoms with Gasteiger partial charge in [0.15, 0.2) is 0 Å². The van der Waals surface area contributed by atoms with Gasteiger partial charge >= 0.3 is 6.18 Å². The molecule has 0 saturated heterocycles. The molecule has 0 spiro atoms. The number of allylic oxidation sites excluding steroid dienone is 2. The number of carbonyl (C=O) groups is 1. The second kappa shape index (κ2) is 7.88.